The van der Waals surface area contributed by atoms with E-state index >= 15 is 0 Å². The molecule has 0 aromatic heterocycles. The smallest absolute Gasteiger partial charge is 0.232 e. The van der Waals surface area contributed by atoms with Crippen LogP contribution in [0.5, 0.6) is 0 Å². The van der Waals surface area contributed by atoms with E-state index in [1.807, 2.05) is 6.92 Å². The van der Waals surface area contributed by atoms with Crippen molar-refractivity contribution in [2.24, 2.45) is 5.84 Å². The Bertz CT molecular complexity index is 434. The lowest BCUT2D eigenvalue weighted by atomic mass is 10.3. The Hall–Kier alpha value is -0.980. The summed E-state index contributed by atoms with van der Waals surface area (Å²) in [5.41, 5.74) is 3.77. The summed E-state index contributed by atoms with van der Waals surface area (Å²) in [7, 11) is -3.23. The van der Waals surface area contributed by atoms with Gasteiger partial charge in [0.1, 0.15) is 0 Å². The van der Waals surface area contributed by atoms with E-state index < -0.39 is 10.0 Å². The average Bonchev–Trinajstić information content (AvgIpc) is 2.30. The molecule has 1 rings (SSSR count). The molecule has 7 heteroatoms. The van der Waals surface area contributed by atoms with Crippen molar-refractivity contribution in [2.45, 2.75) is 26.2 Å². The van der Waals surface area contributed by atoms with E-state index in [9.17, 15) is 8.42 Å². The fourth-order valence-electron chi connectivity index (χ4n) is 1.41. The number of nitrogens with two attached hydrogens (primary N) is 1. The highest BCUT2D eigenvalue weighted by Crippen LogP contribution is 2.14. The lowest BCUT2D eigenvalue weighted by Gasteiger charge is -2.08. The van der Waals surface area contributed by atoms with E-state index in [0.29, 0.717) is 12.1 Å². The third kappa shape index (κ3) is 6.09. The topological polar surface area (TPSA) is 84.2 Å². The van der Waals surface area contributed by atoms with Crippen LogP contribution in [0, 0.1) is 0 Å². The van der Waals surface area contributed by atoms with Crippen molar-refractivity contribution in [3.63, 3.8) is 0 Å². The Kier molecular flexibility index (Phi) is 7.73. The summed E-state index contributed by atoms with van der Waals surface area (Å²) in [5.74, 6) is 5.38. The van der Waals surface area contributed by atoms with Gasteiger partial charge in [-0.3, -0.25) is 10.6 Å². The molecule has 4 N–H and O–H groups in total. The summed E-state index contributed by atoms with van der Waals surface area (Å²) in [6.07, 6.45) is 2.62. The fourth-order valence-corrected chi connectivity index (χ4v) is 2.59. The second kappa shape index (κ2) is 8.18. The number of hydrazine groups is 1. The number of hydrogen-bond donors (Lipinski definition) is 3. The van der Waals surface area contributed by atoms with Crippen molar-refractivity contribution in [2.75, 3.05) is 15.9 Å². The zero-order valence-electron chi connectivity index (χ0n) is 10.3. The van der Waals surface area contributed by atoms with Crippen LogP contribution in [0.4, 0.5) is 11.4 Å². The van der Waals surface area contributed by atoms with Crippen molar-refractivity contribution in [3.05, 3.63) is 24.3 Å². The third-order valence-corrected chi connectivity index (χ3v) is 3.71. The molecule has 0 bridgehead atoms. The van der Waals surface area contributed by atoms with E-state index in [2.05, 4.69) is 10.1 Å². The van der Waals surface area contributed by atoms with Gasteiger partial charge in [0.15, 0.2) is 0 Å². The number of anilines is 2. The summed E-state index contributed by atoms with van der Waals surface area (Å²) in [6, 6.07) is 6.77. The number of sulfonamides is 1. The first-order valence-corrected chi connectivity index (χ1v) is 7.30. The van der Waals surface area contributed by atoms with Gasteiger partial charge in [0.2, 0.25) is 10.0 Å². The molecule has 0 amide bonds. The second-order valence-electron chi connectivity index (χ2n) is 3.85. The van der Waals surface area contributed by atoms with Crippen LogP contribution in [0.15, 0.2) is 24.3 Å². The molecule has 0 radical (unpaired) electrons. The number of benzene rings is 1. The number of halogens is 1. The summed E-state index contributed by atoms with van der Waals surface area (Å²) < 4.78 is 25.9. The zero-order chi connectivity index (χ0) is 12.7. The zero-order valence-corrected chi connectivity index (χ0v) is 12.0. The van der Waals surface area contributed by atoms with Gasteiger partial charge in [-0.05, 0) is 30.7 Å². The van der Waals surface area contributed by atoms with Crippen LogP contribution >= 0.6 is 12.4 Å². The van der Waals surface area contributed by atoms with Crippen molar-refractivity contribution >= 4 is 33.8 Å². The van der Waals surface area contributed by atoms with Gasteiger partial charge in [0, 0.05) is 11.4 Å². The molecule has 104 valence electrons. The van der Waals surface area contributed by atoms with Gasteiger partial charge in [-0.15, -0.1) is 12.4 Å². The molecule has 1 aromatic carbocycles. The molecule has 0 spiro atoms. The molecular weight excluding hydrogens is 274 g/mol. The minimum atomic E-state index is -3.23. The molecule has 0 saturated heterocycles. The third-order valence-electron chi connectivity index (χ3n) is 2.34. The minimum absolute atomic E-state index is 0. The maximum absolute atomic E-state index is 11.7. The quantitative estimate of drug-likeness (QED) is 0.409. The predicted molar refractivity (Wildman–Crippen MR) is 78.4 cm³/mol. The highest BCUT2D eigenvalue weighted by Gasteiger charge is 2.09. The number of unbranched alkanes of at least 4 members (excludes halogenated alkanes) is 2. The summed E-state index contributed by atoms with van der Waals surface area (Å²) >= 11 is 0. The lowest BCUT2D eigenvalue weighted by molar-refractivity contribution is 0.596. The van der Waals surface area contributed by atoms with E-state index in [0.717, 1.165) is 18.5 Å². The molecule has 18 heavy (non-hydrogen) atoms. The molecule has 0 aliphatic heterocycles. The van der Waals surface area contributed by atoms with Crippen molar-refractivity contribution in [1.29, 1.82) is 0 Å². The van der Waals surface area contributed by atoms with E-state index in [4.69, 9.17) is 5.84 Å². The molecule has 1 aromatic rings. The van der Waals surface area contributed by atoms with Crippen LogP contribution in [-0.2, 0) is 10.0 Å². The Morgan fingerprint density at radius 3 is 2.17 bits per heavy atom. The Balaban J connectivity index is 0.00000289. The molecule has 0 heterocycles. The van der Waals surface area contributed by atoms with Crippen molar-refractivity contribution in [3.8, 4) is 0 Å². The molecule has 0 unspecified atom stereocenters. The van der Waals surface area contributed by atoms with Crippen LogP contribution in [0.3, 0.4) is 0 Å². The van der Waals surface area contributed by atoms with Gasteiger partial charge in [0.25, 0.3) is 0 Å². The summed E-state index contributed by atoms with van der Waals surface area (Å²) in [6.45, 7) is 2.04. The van der Waals surface area contributed by atoms with Crippen LogP contribution in [0.2, 0.25) is 0 Å². The highest BCUT2D eigenvalue weighted by molar-refractivity contribution is 7.92. The van der Waals surface area contributed by atoms with Gasteiger partial charge in [-0.25, -0.2) is 8.42 Å². The minimum Gasteiger partial charge on any atom is -0.324 e. The van der Waals surface area contributed by atoms with Crippen molar-refractivity contribution < 1.29 is 8.42 Å². The largest absolute Gasteiger partial charge is 0.324 e. The lowest BCUT2D eigenvalue weighted by Crippen LogP contribution is -2.16. The first kappa shape index (κ1) is 17.0. The number of nitrogen functional groups attached to an aromatic ring is 1. The normalized spacial score (nSPS) is 10.6. The summed E-state index contributed by atoms with van der Waals surface area (Å²) in [5, 5.41) is 0. The molecule has 0 saturated carbocycles. The molecular formula is C11H20ClN3O2S. The monoisotopic (exact) mass is 293 g/mol. The highest BCUT2D eigenvalue weighted by atomic mass is 35.5. The van der Waals surface area contributed by atoms with Crippen molar-refractivity contribution in [1.82, 2.24) is 0 Å². The molecule has 0 atom stereocenters. The average molecular weight is 294 g/mol. The van der Waals surface area contributed by atoms with E-state index in [1.165, 1.54) is 0 Å². The maximum atomic E-state index is 11.7. The van der Waals surface area contributed by atoms with Gasteiger partial charge in [-0.2, -0.15) is 0 Å². The molecule has 0 aliphatic carbocycles. The SMILES string of the molecule is CCCCCS(=O)(=O)Nc1ccc(NN)cc1.Cl. The van der Waals surface area contributed by atoms with Gasteiger partial charge >= 0.3 is 0 Å². The van der Waals surface area contributed by atoms with Crippen LogP contribution in [-0.4, -0.2) is 14.2 Å². The van der Waals surface area contributed by atoms with Crippen LogP contribution < -0.4 is 16.0 Å². The van der Waals surface area contributed by atoms with Crippen LogP contribution in [0.25, 0.3) is 0 Å². The molecule has 0 aliphatic rings. The Labute approximate surface area is 115 Å². The first-order valence-electron chi connectivity index (χ1n) is 5.64. The van der Waals surface area contributed by atoms with E-state index in [-0.39, 0.29) is 18.2 Å². The van der Waals surface area contributed by atoms with E-state index in [1.54, 1.807) is 24.3 Å². The molecule has 0 fully saturated rings. The number of hydrogen-bond acceptors (Lipinski definition) is 4. The Morgan fingerprint density at radius 2 is 1.67 bits per heavy atom. The van der Waals surface area contributed by atoms with Crippen LogP contribution in [0.1, 0.15) is 26.2 Å². The maximum Gasteiger partial charge on any atom is 0.232 e. The number of rotatable bonds is 7. The second-order valence-corrected chi connectivity index (χ2v) is 5.69. The van der Waals surface area contributed by atoms with Gasteiger partial charge < -0.3 is 5.43 Å². The van der Waals surface area contributed by atoms with Gasteiger partial charge in [-0.1, -0.05) is 19.8 Å². The standard InChI is InChI=1S/C11H19N3O2S.ClH/c1-2-3-4-9-17(15,16)14-11-7-5-10(13-12)6-8-11;/h5-8,13-14H,2-4,9,12H2,1H3;1H. The number of nitrogens with one attached hydrogen (secondary N) is 2. The summed E-state index contributed by atoms with van der Waals surface area (Å²) in [4.78, 5) is 0. The fraction of sp³-hybridized carbons (Fsp3) is 0.455. The first-order chi connectivity index (χ1) is 8.07. The Morgan fingerprint density at radius 1 is 1.11 bits per heavy atom. The van der Waals surface area contributed by atoms with Gasteiger partial charge in [0.05, 0.1) is 5.75 Å². The predicted octanol–water partition coefficient (Wildman–Crippen LogP) is 2.33. The molecule has 5 nitrogen and oxygen atoms in total.